The van der Waals surface area contributed by atoms with Gasteiger partial charge in [0, 0.05) is 24.9 Å². The van der Waals surface area contributed by atoms with Gasteiger partial charge < -0.3 is 15.0 Å². The van der Waals surface area contributed by atoms with Gasteiger partial charge in [-0.25, -0.2) is 4.39 Å². The number of methoxy groups -OCH3 is 1. The first-order valence-corrected chi connectivity index (χ1v) is 10.1. The lowest BCUT2D eigenvalue weighted by Gasteiger charge is -2.28. The molecule has 0 saturated heterocycles. The zero-order chi connectivity index (χ0) is 20.5. The second-order valence-electron chi connectivity index (χ2n) is 6.24. The van der Waals surface area contributed by atoms with E-state index < -0.39 is 11.9 Å². The smallest absolute Gasteiger partial charge is 0.242 e. The van der Waals surface area contributed by atoms with Crippen LogP contribution in [0.2, 0.25) is 0 Å². The van der Waals surface area contributed by atoms with Crippen molar-refractivity contribution in [2.24, 2.45) is 0 Å². The van der Waals surface area contributed by atoms with Crippen molar-refractivity contribution >= 4 is 23.6 Å². The van der Waals surface area contributed by atoms with E-state index in [4.69, 9.17) is 4.74 Å². The van der Waals surface area contributed by atoms with E-state index in [0.29, 0.717) is 11.3 Å². The molecule has 28 heavy (non-hydrogen) atoms. The van der Waals surface area contributed by atoms with E-state index >= 15 is 0 Å². The van der Waals surface area contributed by atoms with Crippen molar-refractivity contribution in [3.63, 3.8) is 0 Å². The van der Waals surface area contributed by atoms with Gasteiger partial charge in [-0.1, -0.05) is 30.3 Å². The number of hydrogen-bond acceptors (Lipinski definition) is 4. The van der Waals surface area contributed by atoms with Crippen molar-refractivity contribution in [1.29, 1.82) is 0 Å². The summed E-state index contributed by atoms with van der Waals surface area (Å²) < 4.78 is 19.2. The van der Waals surface area contributed by atoms with Crippen LogP contribution >= 0.6 is 11.8 Å². The molecule has 7 heteroatoms. The molecular weight excluding hydrogens is 379 g/mol. The third-order valence-corrected chi connectivity index (χ3v) is 5.35. The van der Waals surface area contributed by atoms with E-state index in [-0.39, 0.29) is 24.1 Å². The van der Waals surface area contributed by atoms with Crippen LogP contribution in [0.1, 0.15) is 18.1 Å². The normalized spacial score (nSPS) is 11.6. The van der Waals surface area contributed by atoms with Gasteiger partial charge in [-0.15, -0.1) is 11.8 Å². The summed E-state index contributed by atoms with van der Waals surface area (Å²) >= 11 is 1.45. The van der Waals surface area contributed by atoms with E-state index in [1.807, 2.05) is 24.3 Å². The molecule has 0 radical (unpaired) electrons. The van der Waals surface area contributed by atoms with Crippen molar-refractivity contribution in [2.45, 2.75) is 25.3 Å². The lowest BCUT2D eigenvalue weighted by Crippen LogP contribution is -2.47. The first-order chi connectivity index (χ1) is 13.5. The summed E-state index contributed by atoms with van der Waals surface area (Å²) in [5.74, 6) is 0.734. The fourth-order valence-electron chi connectivity index (χ4n) is 2.66. The van der Waals surface area contributed by atoms with E-state index in [9.17, 15) is 14.0 Å². The molecule has 2 amide bonds. The quantitative estimate of drug-likeness (QED) is 0.697. The number of thioether (sulfide) groups is 1. The summed E-state index contributed by atoms with van der Waals surface area (Å²) in [4.78, 5) is 26.3. The Bertz CT molecular complexity index is 798. The number of nitrogens with zero attached hydrogens (tertiary/aromatic N) is 1. The standard InChI is InChI=1S/C21H25FN2O3S/c1-15(21(26)23-2)24(12-17-6-4-5-7-19(17)22)20(25)14-28-13-16-8-10-18(27-3)11-9-16/h4-11,15H,12-14H2,1-3H3,(H,23,26)/t15-/m1/s1. The van der Waals surface area contributed by atoms with E-state index in [1.165, 1.54) is 29.8 Å². The molecule has 150 valence electrons. The topological polar surface area (TPSA) is 58.6 Å². The van der Waals surface area contributed by atoms with Crippen LogP contribution in [-0.4, -0.2) is 42.7 Å². The molecule has 5 nitrogen and oxygen atoms in total. The van der Waals surface area contributed by atoms with E-state index in [0.717, 1.165) is 11.3 Å². The summed E-state index contributed by atoms with van der Waals surface area (Å²) in [6.07, 6.45) is 0. The van der Waals surface area contributed by atoms with Gasteiger partial charge in [0.2, 0.25) is 11.8 Å². The largest absolute Gasteiger partial charge is 0.497 e. The van der Waals surface area contributed by atoms with Crippen molar-refractivity contribution in [3.05, 3.63) is 65.5 Å². The average Bonchev–Trinajstić information content (AvgIpc) is 2.72. The SMILES string of the molecule is CNC(=O)[C@@H](C)N(Cc1ccccc1F)C(=O)CSCc1ccc(OC)cc1. The number of carbonyl (C=O) groups excluding carboxylic acids is 2. The van der Waals surface area contributed by atoms with Crippen LogP contribution in [0.4, 0.5) is 4.39 Å². The minimum absolute atomic E-state index is 0.0448. The molecule has 0 spiro atoms. The molecule has 2 aromatic rings. The highest BCUT2D eigenvalue weighted by atomic mass is 32.2. The number of benzene rings is 2. The maximum Gasteiger partial charge on any atom is 0.242 e. The molecule has 1 atom stereocenters. The monoisotopic (exact) mass is 404 g/mol. The third kappa shape index (κ3) is 5.99. The highest BCUT2D eigenvalue weighted by molar-refractivity contribution is 7.99. The fourth-order valence-corrected chi connectivity index (χ4v) is 3.53. The summed E-state index contributed by atoms with van der Waals surface area (Å²) in [5, 5.41) is 2.55. The number of likely N-dealkylation sites (N-methyl/N-ethyl adjacent to an activating group) is 1. The van der Waals surface area contributed by atoms with E-state index in [1.54, 1.807) is 32.2 Å². The molecule has 0 saturated carbocycles. The Morgan fingerprint density at radius 1 is 1.18 bits per heavy atom. The highest BCUT2D eigenvalue weighted by Crippen LogP contribution is 2.19. The number of amides is 2. The van der Waals surface area contributed by atoms with Crippen molar-refractivity contribution in [2.75, 3.05) is 19.9 Å². The van der Waals surface area contributed by atoms with Crippen LogP contribution in [0.25, 0.3) is 0 Å². The number of nitrogens with one attached hydrogen (secondary N) is 1. The fraction of sp³-hybridized carbons (Fsp3) is 0.333. The van der Waals surface area contributed by atoms with Gasteiger partial charge in [0.15, 0.2) is 0 Å². The Morgan fingerprint density at radius 3 is 2.46 bits per heavy atom. The lowest BCUT2D eigenvalue weighted by molar-refractivity contribution is -0.138. The Labute approximate surface area is 169 Å². The predicted molar refractivity (Wildman–Crippen MR) is 110 cm³/mol. The second kappa shape index (κ2) is 10.7. The zero-order valence-electron chi connectivity index (χ0n) is 16.3. The zero-order valence-corrected chi connectivity index (χ0v) is 17.1. The number of halogens is 1. The van der Waals surface area contributed by atoms with Crippen molar-refractivity contribution in [1.82, 2.24) is 10.2 Å². The molecule has 0 aliphatic heterocycles. The molecule has 0 aliphatic carbocycles. The summed E-state index contributed by atoms with van der Waals surface area (Å²) in [6, 6.07) is 13.2. The Morgan fingerprint density at radius 2 is 1.86 bits per heavy atom. The van der Waals surface area contributed by atoms with Gasteiger partial charge >= 0.3 is 0 Å². The second-order valence-corrected chi connectivity index (χ2v) is 7.23. The number of rotatable bonds is 9. The third-order valence-electron chi connectivity index (χ3n) is 4.37. The average molecular weight is 405 g/mol. The molecule has 2 aromatic carbocycles. The van der Waals surface area contributed by atoms with Gasteiger partial charge in [0.25, 0.3) is 0 Å². The van der Waals surface area contributed by atoms with Gasteiger partial charge in [-0.2, -0.15) is 0 Å². The van der Waals surface area contributed by atoms with Crippen LogP contribution < -0.4 is 10.1 Å². The first kappa shape index (κ1) is 21.8. The van der Waals surface area contributed by atoms with Gasteiger partial charge in [-0.3, -0.25) is 9.59 Å². The van der Waals surface area contributed by atoms with Crippen LogP contribution in [0.15, 0.2) is 48.5 Å². The van der Waals surface area contributed by atoms with Gasteiger partial charge in [-0.05, 0) is 30.7 Å². The Kier molecular flexibility index (Phi) is 8.32. The molecule has 2 rings (SSSR count). The lowest BCUT2D eigenvalue weighted by atomic mass is 10.1. The van der Waals surface area contributed by atoms with Crippen molar-refractivity contribution in [3.8, 4) is 5.75 Å². The minimum Gasteiger partial charge on any atom is -0.497 e. The maximum absolute atomic E-state index is 14.0. The highest BCUT2D eigenvalue weighted by Gasteiger charge is 2.26. The molecule has 0 unspecified atom stereocenters. The number of hydrogen-bond donors (Lipinski definition) is 1. The van der Waals surface area contributed by atoms with Crippen molar-refractivity contribution < 1.29 is 18.7 Å². The summed E-state index contributed by atoms with van der Waals surface area (Å²) in [6.45, 7) is 1.69. The maximum atomic E-state index is 14.0. The summed E-state index contributed by atoms with van der Waals surface area (Å²) in [5.41, 5.74) is 1.45. The minimum atomic E-state index is -0.696. The van der Waals surface area contributed by atoms with Crippen LogP contribution in [0.3, 0.4) is 0 Å². The van der Waals surface area contributed by atoms with Crippen LogP contribution in [0, 0.1) is 5.82 Å². The molecule has 0 heterocycles. The van der Waals surface area contributed by atoms with Crippen LogP contribution in [0.5, 0.6) is 5.75 Å². The Hall–Kier alpha value is -2.54. The molecule has 0 aromatic heterocycles. The van der Waals surface area contributed by atoms with Gasteiger partial charge in [0.1, 0.15) is 17.6 Å². The van der Waals surface area contributed by atoms with Gasteiger partial charge in [0.05, 0.1) is 12.9 Å². The predicted octanol–water partition coefficient (Wildman–Crippen LogP) is 3.23. The van der Waals surface area contributed by atoms with E-state index in [2.05, 4.69) is 5.32 Å². The molecule has 0 bridgehead atoms. The molecule has 0 fully saturated rings. The molecule has 0 aliphatic rings. The number of ether oxygens (including phenoxy) is 1. The number of carbonyl (C=O) groups is 2. The molecular formula is C21H25FN2O3S. The Balaban J connectivity index is 2.03. The van der Waals surface area contributed by atoms with Crippen LogP contribution in [-0.2, 0) is 21.9 Å². The first-order valence-electron chi connectivity index (χ1n) is 8.91. The summed E-state index contributed by atoms with van der Waals surface area (Å²) in [7, 11) is 3.13. The molecule has 1 N–H and O–H groups in total.